The molecule has 2 rings (SSSR count). The molecule has 0 radical (unpaired) electrons. The molecule has 0 unspecified atom stereocenters. The molecular formula is C13H9FN2. The molecule has 0 bridgehead atoms. The van der Waals surface area contributed by atoms with Gasteiger partial charge < -0.3 is 0 Å². The standard InChI is InChI=1S/C13H9FN2/c1-9-4-11(8-16-7-9)12-5-10(6-15)2-3-13(12)14/h2-5,7-8H,1H3. The maximum absolute atomic E-state index is 13.6. The smallest absolute Gasteiger partial charge is 0.131 e. The highest BCUT2D eigenvalue weighted by molar-refractivity contribution is 5.65. The van der Waals surface area contributed by atoms with Crippen molar-refractivity contribution >= 4 is 0 Å². The molecule has 0 saturated heterocycles. The number of halogens is 1. The fourth-order valence-corrected chi connectivity index (χ4v) is 1.52. The van der Waals surface area contributed by atoms with Crippen LogP contribution in [0, 0.1) is 24.1 Å². The van der Waals surface area contributed by atoms with Gasteiger partial charge in [0, 0.05) is 23.5 Å². The van der Waals surface area contributed by atoms with E-state index >= 15 is 0 Å². The molecule has 0 N–H and O–H groups in total. The van der Waals surface area contributed by atoms with Gasteiger partial charge in [-0.3, -0.25) is 4.98 Å². The molecule has 1 aromatic heterocycles. The molecule has 0 saturated carbocycles. The summed E-state index contributed by atoms with van der Waals surface area (Å²) in [6, 6.07) is 8.13. The zero-order chi connectivity index (χ0) is 11.5. The number of pyridine rings is 1. The summed E-state index contributed by atoms with van der Waals surface area (Å²) in [5, 5.41) is 8.77. The molecule has 78 valence electrons. The summed E-state index contributed by atoms with van der Waals surface area (Å²) in [5.74, 6) is -0.341. The average molecular weight is 212 g/mol. The van der Waals surface area contributed by atoms with E-state index in [1.54, 1.807) is 12.4 Å². The minimum absolute atomic E-state index is 0.341. The number of nitriles is 1. The van der Waals surface area contributed by atoms with Crippen LogP contribution in [0.2, 0.25) is 0 Å². The summed E-state index contributed by atoms with van der Waals surface area (Å²) in [4.78, 5) is 4.01. The molecule has 0 aliphatic rings. The zero-order valence-corrected chi connectivity index (χ0v) is 8.74. The van der Waals surface area contributed by atoms with E-state index in [0.29, 0.717) is 16.7 Å². The van der Waals surface area contributed by atoms with Crippen molar-refractivity contribution in [2.24, 2.45) is 0 Å². The van der Waals surface area contributed by atoms with Crippen molar-refractivity contribution in [2.45, 2.75) is 6.92 Å². The van der Waals surface area contributed by atoms with Gasteiger partial charge in [-0.1, -0.05) is 0 Å². The minimum Gasteiger partial charge on any atom is -0.264 e. The van der Waals surface area contributed by atoms with Crippen LogP contribution in [0.1, 0.15) is 11.1 Å². The van der Waals surface area contributed by atoms with Crippen LogP contribution in [0.25, 0.3) is 11.1 Å². The molecule has 0 spiro atoms. The first-order chi connectivity index (χ1) is 7.70. The molecule has 0 aliphatic heterocycles. The van der Waals surface area contributed by atoms with Crippen LogP contribution < -0.4 is 0 Å². The van der Waals surface area contributed by atoms with Crippen molar-refractivity contribution < 1.29 is 4.39 Å². The molecule has 0 amide bonds. The van der Waals surface area contributed by atoms with Gasteiger partial charge in [-0.2, -0.15) is 5.26 Å². The maximum atomic E-state index is 13.6. The Hall–Kier alpha value is -2.21. The van der Waals surface area contributed by atoms with Crippen molar-refractivity contribution in [1.82, 2.24) is 4.98 Å². The number of hydrogen-bond donors (Lipinski definition) is 0. The lowest BCUT2D eigenvalue weighted by molar-refractivity contribution is 0.631. The Labute approximate surface area is 93.0 Å². The van der Waals surface area contributed by atoms with Crippen LogP contribution in [0.15, 0.2) is 36.7 Å². The molecule has 3 heteroatoms. The SMILES string of the molecule is Cc1cncc(-c2cc(C#N)ccc2F)c1. The van der Waals surface area contributed by atoms with Crippen LogP contribution in [0.5, 0.6) is 0 Å². The fraction of sp³-hybridized carbons (Fsp3) is 0.0769. The highest BCUT2D eigenvalue weighted by Gasteiger charge is 2.06. The molecule has 1 aromatic carbocycles. The van der Waals surface area contributed by atoms with E-state index in [4.69, 9.17) is 5.26 Å². The van der Waals surface area contributed by atoms with Gasteiger partial charge in [0.2, 0.25) is 0 Å². The highest BCUT2D eigenvalue weighted by Crippen LogP contribution is 2.23. The Morgan fingerprint density at radius 3 is 2.75 bits per heavy atom. The van der Waals surface area contributed by atoms with Gasteiger partial charge in [-0.05, 0) is 36.8 Å². The Kier molecular flexibility index (Phi) is 2.65. The third-order valence-corrected chi connectivity index (χ3v) is 2.28. The second-order valence-electron chi connectivity index (χ2n) is 3.56. The van der Waals surface area contributed by atoms with Gasteiger partial charge in [0.05, 0.1) is 11.6 Å². The molecule has 0 atom stereocenters. The van der Waals surface area contributed by atoms with Gasteiger partial charge in [0.25, 0.3) is 0 Å². The molecule has 2 aromatic rings. The van der Waals surface area contributed by atoms with E-state index in [9.17, 15) is 4.39 Å². The quantitative estimate of drug-likeness (QED) is 0.728. The number of aromatic nitrogens is 1. The van der Waals surface area contributed by atoms with Crippen LogP contribution in [0.4, 0.5) is 4.39 Å². The van der Waals surface area contributed by atoms with Crippen molar-refractivity contribution in [1.29, 1.82) is 5.26 Å². The van der Waals surface area contributed by atoms with Crippen molar-refractivity contribution in [2.75, 3.05) is 0 Å². The second-order valence-corrected chi connectivity index (χ2v) is 3.56. The number of hydrogen-bond acceptors (Lipinski definition) is 2. The summed E-state index contributed by atoms with van der Waals surface area (Å²) in [7, 11) is 0. The normalized spacial score (nSPS) is 9.81. The molecule has 16 heavy (non-hydrogen) atoms. The first-order valence-corrected chi connectivity index (χ1v) is 4.82. The molecule has 0 fully saturated rings. The van der Waals surface area contributed by atoms with E-state index in [-0.39, 0.29) is 5.82 Å². The summed E-state index contributed by atoms with van der Waals surface area (Å²) in [6.45, 7) is 1.89. The van der Waals surface area contributed by atoms with E-state index < -0.39 is 0 Å². The van der Waals surface area contributed by atoms with Gasteiger partial charge in [0.1, 0.15) is 5.82 Å². The predicted molar refractivity (Wildman–Crippen MR) is 59.1 cm³/mol. The van der Waals surface area contributed by atoms with Gasteiger partial charge in [-0.25, -0.2) is 4.39 Å². The first kappa shape index (κ1) is 10.3. The lowest BCUT2D eigenvalue weighted by atomic mass is 10.0. The van der Waals surface area contributed by atoms with E-state index in [2.05, 4.69) is 4.98 Å². The first-order valence-electron chi connectivity index (χ1n) is 4.82. The van der Waals surface area contributed by atoms with E-state index in [0.717, 1.165) is 5.56 Å². The Morgan fingerprint density at radius 2 is 2.06 bits per heavy atom. The summed E-state index contributed by atoms with van der Waals surface area (Å²) in [6.07, 6.45) is 3.29. The number of rotatable bonds is 1. The van der Waals surface area contributed by atoms with Gasteiger partial charge in [-0.15, -0.1) is 0 Å². The largest absolute Gasteiger partial charge is 0.264 e. The number of aryl methyl sites for hydroxylation is 1. The van der Waals surface area contributed by atoms with Crippen LogP contribution in [-0.4, -0.2) is 4.98 Å². The maximum Gasteiger partial charge on any atom is 0.131 e. The third kappa shape index (κ3) is 1.91. The number of benzene rings is 1. The van der Waals surface area contributed by atoms with Crippen LogP contribution in [-0.2, 0) is 0 Å². The van der Waals surface area contributed by atoms with Crippen LogP contribution >= 0.6 is 0 Å². The molecule has 2 nitrogen and oxygen atoms in total. The fourth-order valence-electron chi connectivity index (χ4n) is 1.52. The van der Waals surface area contributed by atoms with Crippen molar-refractivity contribution in [3.8, 4) is 17.2 Å². The summed E-state index contributed by atoms with van der Waals surface area (Å²) < 4.78 is 13.6. The lowest BCUT2D eigenvalue weighted by Gasteiger charge is -2.04. The molecular weight excluding hydrogens is 203 g/mol. The highest BCUT2D eigenvalue weighted by atomic mass is 19.1. The Bertz CT molecular complexity index is 570. The monoisotopic (exact) mass is 212 g/mol. The second kappa shape index (κ2) is 4.11. The Balaban J connectivity index is 2.60. The summed E-state index contributed by atoms with van der Waals surface area (Å²) in [5.41, 5.74) is 2.50. The van der Waals surface area contributed by atoms with Crippen molar-refractivity contribution in [3.63, 3.8) is 0 Å². The average Bonchev–Trinajstić information content (AvgIpc) is 2.30. The zero-order valence-electron chi connectivity index (χ0n) is 8.74. The van der Waals surface area contributed by atoms with E-state index in [1.807, 2.05) is 19.1 Å². The van der Waals surface area contributed by atoms with Gasteiger partial charge >= 0.3 is 0 Å². The molecule has 0 aliphatic carbocycles. The topological polar surface area (TPSA) is 36.7 Å². The van der Waals surface area contributed by atoms with Gasteiger partial charge in [0.15, 0.2) is 0 Å². The van der Waals surface area contributed by atoms with E-state index in [1.165, 1.54) is 18.2 Å². The minimum atomic E-state index is -0.341. The predicted octanol–water partition coefficient (Wildman–Crippen LogP) is 3.07. The lowest BCUT2D eigenvalue weighted by Crippen LogP contribution is -1.88. The number of nitrogens with zero attached hydrogens (tertiary/aromatic N) is 2. The van der Waals surface area contributed by atoms with Crippen LogP contribution in [0.3, 0.4) is 0 Å². The molecule has 1 heterocycles. The summed E-state index contributed by atoms with van der Waals surface area (Å²) >= 11 is 0. The third-order valence-electron chi connectivity index (χ3n) is 2.28. The van der Waals surface area contributed by atoms with Crippen molar-refractivity contribution in [3.05, 3.63) is 53.6 Å². The Morgan fingerprint density at radius 1 is 1.25 bits per heavy atom.